The summed E-state index contributed by atoms with van der Waals surface area (Å²) in [6.45, 7) is 1.68. The van der Waals surface area contributed by atoms with Crippen molar-refractivity contribution in [3.63, 3.8) is 0 Å². The third kappa shape index (κ3) is 2.56. The standard InChI is InChI=1S/C18H21N5O4/c1-26-15-12(7-11-3-2-4-13(11)19-15)16(24)22-6-5-18(9-22)10-23-14(8-27-18)20-21-17(23)25/h7H,2-6,8-10H2,1H3,(H,21,25). The fourth-order valence-electron chi connectivity index (χ4n) is 4.37. The molecule has 4 heterocycles. The monoisotopic (exact) mass is 371 g/mol. The van der Waals surface area contributed by atoms with Gasteiger partial charge in [-0.15, -0.1) is 0 Å². The number of ether oxygens (including phenoxy) is 2. The molecule has 27 heavy (non-hydrogen) atoms. The number of likely N-dealkylation sites (tertiary alicyclic amines) is 1. The number of aromatic nitrogens is 4. The first kappa shape index (κ1) is 16.5. The van der Waals surface area contributed by atoms with E-state index < -0.39 is 5.60 Å². The summed E-state index contributed by atoms with van der Waals surface area (Å²) in [6.07, 6.45) is 3.62. The summed E-state index contributed by atoms with van der Waals surface area (Å²) in [6, 6.07) is 1.93. The Labute approximate surface area is 155 Å². The first-order valence-electron chi connectivity index (χ1n) is 9.23. The SMILES string of the molecule is COc1nc2c(cc1C(=O)N1CCC3(C1)Cn1c(n[nH]c1=O)CO3)CCC2. The minimum absolute atomic E-state index is 0.0973. The lowest BCUT2D eigenvalue weighted by molar-refractivity contribution is -0.0816. The lowest BCUT2D eigenvalue weighted by Crippen LogP contribution is -2.47. The molecule has 3 aliphatic rings. The number of nitrogens with one attached hydrogen (secondary N) is 1. The van der Waals surface area contributed by atoms with Gasteiger partial charge >= 0.3 is 5.69 Å². The fraction of sp³-hybridized carbons (Fsp3) is 0.556. The van der Waals surface area contributed by atoms with E-state index in [4.69, 9.17) is 9.47 Å². The highest BCUT2D eigenvalue weighted by Gasteiger charge is 2.45. The van der Waals surface area contributed by atoms with Gasteiger partial charge in [0.1, 0.15) is 17.8 Å². The maximum Gasteiger partial charge on any atom is 0.343 e. The molecule has 1 amide bonds. The second-order valence-corrected chi connectivity index (χ2v) is 7.48. The van der Waals surface area contributed by atoms with Crippen molar-refractivity contribution in [3.8, 4) is 5.88 Å². The average Bonchev–Trinajstić information content (AvgIpc) is 3.40. The Morgan fingerprint density at radius 3 is 3.11 bits per heavy atom. The topological polar surface area (TPSA) is 102 Å². The van der Waals surface area contributed by atoms with Crippen LogP contribution in [0.4, 0.5) is 0 Å². The van der Waals surface area contributed by atoms with E-state index in [0.717, 1.165) is 30.5 Å². The molecule has 0 aromatic carbocycles. The van der Waals surface area contributed by atoms with Crippen molar-refractivity contribution in [2.45, 2.75) is 44.4 Å². The number of aromatic amines is 1. The molecule has 9 nitrogen and oxygen atoms in total. The van der Waals surface area contributed by atoms with Gasteiger partial charge in [-0.05, 0) is 37.3 Å². The van der Waals surface area contributed by atoms with E-state index in [1.165, 1.54) is 0 Å². The van der Waals surface area contributed by atoms with Gasteiger partial charge in [0.25, 0.3) is 5.91 Å². The molecule has 1 N–H and O–H groups in total. The number of carbonyl (C=O) groups is 1. The highest BCUT2D eigenvalue weighted by atomic mass is 16.5. The van der Waals surface area contributed by atoms with Crippen molar-refractivity contribution in [2.75, 3.05) is 20.2 Å². The van der Waals surface area contributed by atoms with E-state index in [1.54, 1.807) is 16.6 Å². The number of methoxy groups -OCH3 is 1. The number of carbonyl (C=O) groups excluding carboxylic acids is 1. The van der Waals surface area contributed by atoms with Crippen LogP contribution in [0.2, 0.25) is 0 Å². The van der Waals surface area contributed by atoms with E-state index in [0.29, 0.717) is 43.3 Å². The molecule has 2 aromatic rings. The maximum atomic E-state index is 13.2. The lowest BCUT2D eigenvalue weighted by Gasteiger charge is -2.33. The van der Waals surface area contributed by atoms with E-state index >= 15 is 0 Å². The Hall–Kier alpha value is -2.68. The Kier molecular flexibility index (Phi) is 3.61. The van der Waals surface area contributed by atoms with E-state index in [2.05, 4.69) is 15.2 Å². The number of nitrogens with zero attached hydrogens (tertiary/aromatic N) is 4. The summed E-state index contributed by atoms with van der Waals surface area (Å²) in [4.78, 5) is 31.4. The number of pyridine rings is 1. The van der Waals surface area contributed by atoms with Crippen LogP contribution in [-0.2, 0) is 30.7 Å². The van der Waals surface area contributed by atoms with Gasteiger partial charge < -0.3 is 14.4 Å². The Morgan fingerprint density at radius 2 is 2.26 bits per heavy atom. The Balaban J connectivity index is 1.40. The molecule has 1 aliphatic carbocycles. The smallest absolute Gasteiger partial charge is 0.343 e. The van der Waals surface area contributed by atoms with Crippen LogP contribution < -0.4 is 10.4 Å². The molecule has 2 aromatic heterocycles. The zero-order valence-electron chi connectivity index (χ0n) is 15.2. The highest BCUT2D eigenvalue weighted by Crippen LogP contribution is 2.34. The molecule has 0 bridgehead atoms. The second-order valence-electron chi connectivity index (χ2n) is 7.48. The summed E-state index contributed by atoms with van der Waals surface area (Å²) in [7, 11) is 1.54. The van der Waals surface area contributed by atoms with Crippen molar-refractivity contribution in [3.05, 3.63) is 39.2 Å². The average molecular weight is 371 g/mol. The number of H-pyrrole nitrogens is 1. The highest BCUT2D eigenvalue weighted by molar-refractivity contribution is 5.97. The molecule has 1 unspecified atom stereocenters. The summed E-state index contributed by atoms with van der Waals surface area (Å²) >= 11 is 0. The lowest BCUT2D eigenvalue weighted by atomic mass is 10.0. The van der Waals surface area contributed by atoms with Crippen molar-refractivity contribution in [1.82, 2.24) is 24.6 Å². The molecular weight excluding hydrogens is 350 g/mol. The van der Waals surface area contributed by atoms with Gasteiger partial charge in [0.15, 0.2) is 5.82 Å². The number of hydrogen-bond acceptors (Lipinski definition) is 6. The van der Waals surface area contributed by atoms with Crippen molar-refractivity contribution in [2.24, 2.45) is 0 Å². The first-order chi connectivity index (χ1) is 13.1. The van der Waals surface area contributed by atoms with Gasteiger partial charge in [-0.1, -0.05) is 0 Å². The largest absolute Gasteiger partial charge is 0.480 e. The summed E-state index contributed by atoms with van der Waals surface area (Å²) < 4.78 is 13.0. The van der Waals surface area contributed by atoms with E-state index in [1.807, 2.05) is 6.07 Å². The maximum absolute atomic E-state index is 13.2. The number of rotatable bonds is 2. The van der Waals surface area contributed by atoms with Crippen molar-refractivity contribution in [1.29, 1.82) is 0 Å². The molecule has 1 fully saturated rings. The van der Waals surface area contributed by atoms with Crippen LogP contribution in [0.25, 0.3) is 0 Å². The fourth-order valence-corrected chi connectivity index (χ4v) is 4.37. The van der Waals surface area contributed by atoms with Crippen LogP contribution in [0.5, 0.6) is 5.88 Å². The minimum atomic E-state index is -0.548. The normalized spacial score (nSPS) is 23.5. The summed E-state index contributed by atoms with van der Waals surface area (Å²) in [5, 5.41) is 6.42. The summed E-state index contributed by atoms with van der Waals surface area (Å²) in [5.41, 5.74) is 1.89. The number of amides is 1. The van der Waals surface area contributed by atoms with E-state index in [9.17, 15) is 9.59 Å². The van der Waals surface area contributed by atoms with Crippen LogP contribution in [0.15, 0.2) is 10.9 Å². The Bertz CT molecular complexity index is 981. The summed E-state index contributed by atoms with van der Waals surface area (Å²) in [5.74, 6) is 0.888. The van der Waals surface area contributed by atoms with Crippen LogP contribution >= 0.6 is 0 Å². The molecule has 142 valence electrons. The predicted octanol–water partition coefficient (Wildman–Crippen LogP) is 0.279. The Morgan fingerprint density at radius 1 is 1.37 bits per heavy atom. The van der Waals surface area contributed by atoms with Crippen LogP contribution in [0, 0.1) is 0 Å². The van der Waals surface area contributed by atoms with Crippen LogP contribution in [-0.4, -0.2) is 56.4 Å². The van der Waals surface area contributed by atoms with Gasteiger partial charge in [0.2, 0.25) is 5.88 Å². The molecule has 1 spiro atoms. The van der Waals surface area contributed by atoms with Gasteiger partial charge in [-0.25, -0.2) is 14.9 Å². The molecule has 1 saturated heterocycles. The third-order valence-electron chi connectivity index (χ3n) is 5.83. The quantitative estimate of drug-likeness (QED) is 0.813. The predicted molar refractivity (Wildman–Crippen MR) is 93.7 cm³/mol. The zero-order chi connectivity index (χ0) is 18.6. The number of hydrogen-bond donors (Lipinski definition) is 1. The van der Waals surface area contributed by atoms with Gasteiger partial charge in [-0.3, -0.25) is 9.36 Å². The van der Waals surface area contributed by atoms with Crippen molar-refractivity contribution >= 4 is 5.91 Å². The van der Waals surface area contributed by atoms with Gasteiger partial charge in [-0.2, -0.15) is 5.10 Å². The molecule has 1 atom stereocenters. The van der Waals surface area contributed by atoms with Crippen molar-refractivity contribution < 1.29 is 14.3 Å². The minimum Gasteiger partial charge on any atom is -0.480 e. The second kappa shape index (κ2) is 5.91. The van der Waals surface area contributed by atoms with E-state index in [-0.39, 0.29) is 18.2 Å². The molecule has 0 radical (unpaired) electrons. The molecular formula is C18H21N5O4. The zero-order valence-corrected chi connectivity index (χ0v) is 15.2. The molecule has 0 saturated carbocycles. The number of fused-ring (bicyclic) bond motifs is 2. The van der Waals surface area contributed by atoms with Crippen LogP contribution in [0.1, 0.15) is 40.3 Å². The molecule has 5 rings (SSSR count). The van der Waals surface area contributed by atoms with Crippen LogP contribution in [0.3, 0.4) is 0 Å². The third-order valence-corrected chi connectivity index (χ3v) is 5.83. The molecule has 2 aliphatic heterocycles. The molecule has 9 heteroatoms. The van der Waals surface area contributed by atoms with Gasteiger partial charge in [0.05, 0.1) is 20.2 Å². The van der Waals surface area contributed by atoms with Gasteiger partial charge in [0, 0.05) is 12.2 Å². The number of aryl methyl sites for hydroxylation is 2. The first-order valence-corrected chi connectivity index (χ1v) is 9.23.